The van der Waals surface area contributed by atoms with E-state index in [1.54, 1.807) is 7.11 Å². The highest BCUT2D eigenvalue weighted by molar-refractivity contribution is 9.10. The minimum atomic E-state index is -0.169. The van der Waals surface area contributed by atoms with Crippen LogP contribution < -0.4 is 5.32 Å². The third-order valence-corrected chi connectivity index (χ3v) is 4.51. The Morgan fingerprint density at radius 2 is 2.22 bits per heavy atom. The second-order valence-electron chi connectivity index (χ2n) is 5.45. The van der Waals surface area contributed by atoms with Crippen LogP contribution >= 0.6 is 15.9 Å². The molecule has 2 unspecified atom stereocenters. The molecule has 1 aromatic rings. The Morgan fingerprint density at radius 3 is 2.78 bits per heavy atom. The number of ether oxygens (including phenoxy) is 1. The molecule has 18 heavy (non-hydrogen) atoms. The molecule has 0 bridgehead atoms. The van der Waals surface area contributed by atoms with E-state index in [0.717, 1.165) is 10.9 Å². The van der Waals surface area contributed by atoms with E-state index in [9.17, 15) is 4.39 Å². The Labute approximate surface area is 116 Å². The molecular formula is C14H19BrFNO. The molecule has 2 nitrogen and oxygen atoms in total. The zero-order valence-corrected chi connectivity index (χ0v) is 12.6. The molecule has 0 spiro atoms. The van der Waals surface area contributed by atoms with Gasteiger partial charge in [-0.25, -0.2) is 4.39 Å². The molecule has 0 aliphatic heterocycles. The van der Waals surface area contributed by atoms with Crippen LogP contribution in [0.5, 0.6) is 0 Å². The monoisotopic (exact) mass is 315 g/mol. The summed E-state index contributed by atoms with van der Waals surface area (Å²) in [5.74, 6) is -0.169. The van der Waals surface area contributed by atoms with Gasteiger partial charge in [0.2, 0.25) is 0 Å². The van der Waals surface area contributed by atoms with Gasteiger partial charge in [0, 0.05) is 35.1 Å². The lowest BCUT2D eigenvalue weighted by Gasteiger charge is -2.51. The molecule has 0 aromatic heterocycles. The number of benzene rings is 1. The molecule has 0 saturated heterocycles. The maximum atomic E-state index is 13.7. The van der Waals surface area contributed by atoms with Gasteiger partial charge in [0.25, 0.3) is 0 Å². The lowest BCUT2D eigenvalue weighted by molar-refractivity contribution is -0.0979. The van der Waals surface area contributed by atoms with Gasteiger partial charge in [-0.2, -0.15) is 0 Å². The van der Waals surface area contributed by atoms with Crippen LogP contribution in [0.1, 0.15) is 25.8 Å². The molecule has 1 fully saturated rings. The summed E-state index contributed by atoms with van der Waals surface area (Å²) < 4.78 is 19.8. The predicted molar refractivity (Wildman–Crippen MR) is 73.9 cm³/mol. The average Bonchev–Trinajstić information content (AvgIpc) is 2.30. The number of halogens is 2. The van der Waals surface area contributed by atoms with Crippen LogP contribution in [-0.2, 0) is 11.3 Å². The summed E-state index contributed by atoms with van der Waals surface area (Å²) in [5, 5.41) is 3.41. The zero-order chi connectivity index (χ0) is 13.3. The molecule has 4 heteroatoms. The van der Waals surface area contributed by atoms with Crippen LogP contribution in [0.15, 0.2) is 22.7 Å². The number of nitrogens with one attached hydrogen (secondary N) is 1. The van der Waals surface area contributed by atoms with Crippen molar-refractivity contribution in [2.75, 3.05) is 7.11 Å². The van der Waals surface area contributed by atoms with E-state index in [1.807, 2.05) is 12.1 Å². The predicted octanol–water partition coefficient (Wildman–Crippen LogP) is 3.49. The van der Waals surface area contributed by atoms with Crippen LogP contribution in [0.2, 0.25) is 0 Å². The smallest absolute Gasteiger partial charge is 0.128 e. The largest absolute Gasteiger partial charge is 0.381 e. The molecular weight excluding hydrogens is 297 g/mol. The van der Waals surface area contributed by atoms with Crippen molar-refractivity contribution >= 4 is 15.9 Å². The lowest BCUT2D eigenvalue weighted by atomic mass is 9.64. The third-order valence-electron chi connectivity index (χ3n) is 4.02. The molecule has 100 valence electrons. The Hall–Kier alpha value is -0.450. The van der Waals surface area contributed by atoms with Crippen molar-refractivity contribution < 1.29 is 9.13 Å². The average molecular weight is 316 g/mol. The maximum Gasteiger partial charge on any atom is 0.128 e. The molecule has 1 aromatic carbocycles. The summed E-state index contributed by atoms with van der Waals surface area (Å²) >= 11 is 3.26. The van der Waals surface area contributed by atoms with E-state index in [2.05, 4.69) is 35.1 Å². The number of methoxy groups -OCH3 is 1. The highest BCUT2D eigenvalue weighted by Gasteiger charge is 2.48. The molecule has 0 amide bonds. The molecule has 2 rings (SSSR count). The van der Waals surface area contributed by atoms with Gasteiger partial charge in [-0.1, -0.05) is 35.8 Å². The van der Waals surface area contributed by atoms with Crippen LogP contribution in [0.25, 0.3) is 0 Å². The van der Waals surface area contributed by atoms with Gasteiger partial charge in [-0.3, -0.25) is 0 Å². The van der Waals surface area contributed by atoms with E-state index >= 15 is 0 Å². The molecule has 1 N–H and O–H groups in total. The first kappa shape index (κ1) is 14.0. The topological polar surface area (TPSA) is 21.3 Å². The third kappa shape index (κ3) is 2.60. The minimum absolute atomic E-state index is 0.112. The molecule has 1 aliphatic carbocycles. The highest BCUT2D eigenvalue weighted by atomic mass is 79.9. The Bertz CT molecular complexity index is 436. The Balaban J connectivity index is 1.93. The van der Waals surface area contributed by atoms with Gasteiger partial charge in [0.15, 0.2) is 0 Å². The van der Waals surface area contributed by atoms with Gasteiger partial charge in [-0.15, -0.1) is 0 Å². The fourth-order valence-electron chi connectivity index (χ4n) is 2.53. The first-order valence-electron chi connectivity index (χ1n) is 6.15. The van der Waals surface area contributed by atoms with Crippen LogP contribution in [-0.4, -0.2) is 19.3 Å². The zero-order valence-electron chi connectivity index (χ0n) is 11.0. The van der Waals surface area contributed by atoms with Crippen molar-refractivity contribution in [1.82, 2.24) is 5.32 Å². The molecule has 2 atom stereocenters. The van der Waals surface area contributed by atoms with Crippen molar-refractivity contribution in [1.29, 1.82) is 0 Å². The summed E-state index contributed by atoms with van der Waals surface area (Å²) in [7, 11) is 1.75. The summed E-state index contributed by atoms with van der Waals surface area (Å²) in [6.45, 7) is 4.92. The van der Waals surface area contributed by atoms with Crippen molar-refractivity contribution in [3.05, 3.63) is 34.1 Å². The summed E-state index contributed by atoms with van der Waals surface area (Å²) in [6, 6.07) is 5.56. The van der Waals surface area contributed by atoms with Crippen LogP contribution in [0, 0.1) is 11.2 Å². The summed E-state index contributed by atoms with van der Waals surface area (Å²) in [6.07, 6.45) is 1.28. The summed E-state index contributed by atoms with van der Waals surface area (Å²) in [5.41, 5.74) is 0.815. The highest BCUT2D eigenvalue weighted by Crippen LogP contribution is 2.42. The van der Waals surface area contributed by atoms with E-state index in [1.165, 1.54) is 6.07 Å². The van der Waals surface area contributed by atoms with Gasteiger partial charge >= 0.3 is 0 Å². The fraction of sp³-hybridized carbons (Fsp3) is 0.571. The fourth-order valence-corrected chi connectivity index (χ4v) is 2.86. The van der Waals surface area contributed by atoms with E-state index in [4.69, 9.17) is 4.74 Å². The molecule has 0 heterocycles. The number of hydrogen-bond acceptors (Lipinski definition) is 2. The standard InChI is InChI=1S/C14H19BrFNO/c1-14(2)12(7-13(14)18-3)17-8-9-4-5-10(15)6-11(9)16/h4-6,12-13,17H,7-8H2,1-3H3. The number of hydrogen-bond donors (Lipinski definition) is 1. The van der Waals surface area contributed by atoms with E-state index in [-0.39, 0.29) is 11.2 Å². The van der Waals surface area contributed by atoms with E-state index < -0.39 is 0 Å². The van der Waals surface area contributed by atoms with Crippen molar-refractivity contribution in [3.63, 3.8) is 0 Å². The van der Waals surface area contributed by atoms with Crippen LogP contribution in [0.4, 0.5) is 4.39 Å². The first-order chi connectivity index (χ1) is 8.45. The second-order valence-corrected chi connectivity index (χ2v) is 6.37. The van der Waals surface area contributed by atoms with Crippen LogP contribution in [0.3, 0.4) is 0 Å². The van der Waals surface area contributed by atoms with Crippen molar-refractivity contribution in [2.45, 2.75) is 39.0 Å². The molecule has 1 saturated carbocycles. The Morgan fingerprint density at radius 1 is 1.50 bits per heavy atom. The maximum absolute atomic E-state index is 13.7. The van der Waals surface area contributed by atoms with Gasteiger partial charge < -0.3 is 10.1 Å². The second kappa shape index (κ2) is 5.27. The quantitative estimate of drug-likeness (QED) is 0.918. The first-order valence-corrected chi connectivity index (χ1v) is 6.94. The lowest BCUT2D eigenvalue weighted by Crippen LogP contribution is -2.60. The normalized spacial score (nSPS) is 25.8. The van der Waals surface area contributed by atoms with Crippen molar-refractivity contribution in [2.24, 2.45) is 5.41 Å². The van der Waals surface area contributed by atoms with Gasteiger partial charge in [-0.05, 0) is 18.6 Å². The number of rotatable bonds is 4. The van der Waals surface area contributed by atoms with Gasteiger partial charge in [0.1, 0.15) is 5.82 Å². The molecule has 1 aliphatic rings. The van der Waals surface area contributed by atoms with Gasteiger partial charge in [0.05, 0.1) is 6.10 Å². The minimum Gasteiger partial charge on any atom is -0.381 e. The summed E-state index contributed by atoms with van der Waals surface area (Å²) in [4.78, 5) is 0. The SMILES string of the molecule is COC1CC(NCc2ccc(Br)cc2F)C1(C)C. The molecule has 0 radical (unpaired) electrons. The van der Waals surface area contributed by atoms with E-state index in [0.29, 0.717) is 24.3 Å². The van der Waals surface area contributed by atoms with Crippen molar-refractivity contribution in [3.8, 4) is 0 Å². The Kier molecular flexibility index (Phi) is 4.09.